The molecule has 0 spiro atoms. The highest BCUT2D eigenvalue weighted by molar-refractivity contribution is 5.79. The number of rotatable bonds is 6. The van der Waals surface area contributed by atoms with Gasteiger partial charge in [-0.1, -0.05) is 6.92 Å². The fourth-order valence-electron chi connectivity index (χ4n) is 0.868. The van der Waals surface area contributed by atoms with E-state index in [-0.39, 0.29) is 0 Å². The molecule has 0 aliphatic heterocycles. The highest BCUT2D eigenvalue weighted by atomic mass is 16.5. The summed E-state index contributed by atoms with van der Waals surface area (Å²) in [5.41, 5.74) is 2.54. The number of nitrogens with zero attached hydrogens (tertiary/aromatic N) is 1. The maximum atomic E-state index is 5.32. The summed E-state index contributed by atoms with van der Waals surface area (Å²) in [6.07, 6.45) is 1.95. The molecule has 0 saturated heterocycles. The lowest BCUT2D eigenvalue weighted by Gasteiger charge is -2.14. The Bertz CT molecular complexity index is 161. The van der Waals surface area contributed by atoms with Gasteiger partial charge in [-0.25, -0.2) is 5.84 Å². The molecule has 0 amide bonds. The smallest absolute Gasteiger partial charge is 0.205 e. The molecule has 4 N–H and O–H groups in total. The van der Waals surface area contributed by atoms with Crippen LogP contribution in [0.5, 0.6) is 0 Å². The molecule has 0 saturated carbocycles. The van der Waals surface area contributed by atoms with Crippen LogP contribution in [0.3, 0.4) is 0 Å². The number of aliphatic imine (C=N–C) groups is 1. The van der Waals surface area contributed by atoms with Crippen molar-refractivity contribution in [2.24, 2.45) is 10.8 Å². The van der Waals surface area contributed by atoms with Gasteiger partial charge in [-0.2, -0.15) is 0 Å². The van der Waals surface area contributed by atoms with Gasteiger partial charge in [-0.15, -0.1) is 0 Å². The van der Waals surface area contributed by atoms with Crippen LogP contribution in [0.1, 0.15) is 26.7 Å². The number of hydrogen-bond donors (Lipinski definition) is 3. The number of methoxy groups -OCH3 is 1. The monoisotopic (exact) mass is 202 g/mol. The van der Waals surface area contributed by atoms with Crippen LogP contribution in [-0.4, -0.2) is 32.3 Å². The van der Waals surface area contributed by atoms with E-state index in [1.807, 2.05) is 0 Å². The quantitative estimate of drug-likeness (QED) is 0.189. The molecule has 0 radical (unpaired) electrons. The Kier molecular flexibility index (Phi) is 8.27. The van der Waals surface area contributed by atoms with Gasteiger partial charge in [0.25, 0.3) is 0 Å². The van der Waals surface area contributed by atoms with Crippen molar-refractivity contribution in [3.63, 3.8) is 0 Å². The molecule has 84 valence electrons. The van der Waals surface area contributed by atoms with Gasteiger partial charge in [0, 0.05) is 26.3 Å². The standard InChI is InChI=1S/C9H22N4O/c1-4-8(2)12-9(13-10)11-6-5-7-14-3/h8H,4-7,10H2,1-3H3,(H2,11,12,13). The van der Waals surface area contributed by atoms with Crippen molar-refractivity contribution in [3.05, 3.63) is 0 Å². The molecule has 14 heavy (non-hydrogen) atoms. The minimum atomic E-state index is 0.382. The average Bonchev–Trinajstić information content (AvgIpc) is 2.22. The van der Waals surface area contributed by atoms with E-state index in [0.29, 0.717) is 12.0 Å². The number of guanidine groups is 1. The van der Waals surface area contributed by atoms with Crippen LogP contribution in [0.4, 0.5) is 0 Å². The molecule has 0 aromatic carbocycles. The number of nitrogens with two attached hydrogens (primary N) is 1. The van der Waals surface area contributed by atoms with Crippen molar-refractivity contribution in [1.29, 1.82) is 0 Å². The molecule has 0 heterocycles. The first-order chi connectivity index (χ1) is 6.74. The summed E-state index contributed by atoms with van der Waals surface area (Å²) in [7, 11) is 1.68. The van der Waals surface area contributed by atoms with Crippen LogP contribution < -0.4 is 16.6 Å². The highest BCUT2D eigenvalue weighted by Gasteiger charge is 2.00. The molecule has 0 rings (SSSR count). The Morgan fingerprint density at radius 1 is 1.57 bits per heavy atom. The lowest BCUT2D eigenvalue weighted by atomic mass is 10.3. The second-order valence-electron chi connectivity index (χ2n) is 3.17. The summed E-state index contributed by atoms with van der Waals surface area (Å²) >= 11 is 0. The molecule has 5 nitrogen and oxygen atoms in total. The van der Waals surface area contributed by atoms with Gasteiger partial charge in [0.05, 0.1) is 0 Å². The summed E-state index contributed by atoms with van der Waals surface area (Å²) in [6.45, 7) is 5.64. The Hall–Kier alpha value is -0.810. The second-order valence-corrected chi connectivity index (χ2v) is 3.17. The van der Waals surface area contributed by atoms with Crippen LogP contribution in [0, 0.1) is 0 Å². The molecule has 0 aromatic rings. The third kappa shape index (κ3) is 6.68. The first-order valence-electron chi connectivity index (χ1n) is 5.01. The summed E-state index contributed by atoms with van der Waals surface area (Å²) in [5, 5.41) is 3.17. The van der Waals surface area contributed by atoms with E-state index in [0.717, 1.165) is 26.0 Å². The van der Waals surface area contributed by atoms with E-state index in [2.05, 4.69) is 29.6 Å². The lowest BCUT2D eigenvalue weighted by Crippen LogP contribution is -2.45. The van der Waals surface area contributed by atoms with Crippen molar-refractivity contribution in [2.75, 3.05) is 20.3 Å². The van der Waals surface area contributed by atoms with E-state index >= 15 is 0 Å². The third-order valence-electron chi connectivity index (χ3n) is 1.91. The van der Waals surface area contributed by atoms with Crippen LogP contribution >= 0.6 is 0 Å². The molecule has 1 unspecified atom stereocenters. The zero-order valence-corrected chi connectivity index (χ0v) is 9.34. The van der Waals surface area contributed by atoms with Crippen molar-refractivity contribution < 1.29 is 4.74 Å². The summed E-state index contributed by atoms with van der Waals surface area (Å²) in [5.74, 6) is 5.96. The van der Waals surface area contributed by atoms with Crippen molar-refractivity contribution in [1.82, 2.24) is 10.7 Å². The molecular weight excluding hydrogens is 180 g/mol. The van der Waals surface area contributed by atoms with Crippen molar-refractivity contribution >= 4 is 5.96 Å². The topological polar surface area (TPSA) is 71.7 Å². The number of hydrazine groups is 1. The summed E-state index contributed by atoms with van der Waals surface area (Å²) in [4.78, 5) is 4.26. The fourth-order valence-corrected chi connectivity index (χ4v) is 0.868. The molecule has 5 heteroatoms. The summed E-state index contributed by atoms with van der Waals surface area (Å²) in [6, 6.07) is 0.382. The van der Waals surface area contributed by atoms with Crippen molar-refractivity contribution in [3.8, 4) is 0 Å². The van der Waals surface area contributed by atoms with E-state index in [9.17, 15) is 0 Å². The molecule has 0 aliphatic rings. The molecule has 0 aromatic heterocycles. The minimum Gasteiger partial charge on any atom is -0.385 e. The van der Waals surface area contributed by atoms with E-state index in [4.69, 9.17) is 10.6 Å². The van der Waals surface area contributed by atoms with Gasteiger partial charge >= 0.3 is 0 Å². The van der Waals surface area contributed by atoms with Crippen LogP contribution in [0.15, 0.2) is 4.99 Å². The van der Waals surface area contributed by atoms with Gasteiger partial charge in [-0.3, -0.25) is 10.4 Å². The largest absolute Gasteiger partial charge is 0.385 e. The van der Waals surface area contributed by atoms with Gasteiger partial charge in [0.1, 0.15) is 0 Å². The Labute approximate surface area is 86.1 Å². The molecule has 1 atom stereocenters. The predicted molar refractivity (Wildman–Crippen MR) is 59.0 cm³/mol. The van der Waals surface area contributed by atoms with Gasteiger partial charge in [0.15, 0.2) is 0 Å². The van der Waals surface area contributed by atoms with Crippen molar-refractivity contribution in [2.45, 2.75) is 32.7 Å². The van der Waals surface area contributed by atoms with E-state index < -0.39 is 0 Å². The molecule has 0 bridgehead atoms. The fraction of sp³-hybridized carbons (Fsp3) is 0.889. The Morgan fingerprint density at radius 3 is 2.79 bits per heavy atom. The SMILES string of the molecule is CCC(C)NC(=NCCCOC)NN. The van der Waals surface area contributed by atoms with Crippen LogP contribution in [0.2, 0.25) is 0 Å². The van der Waals surface area contributed by atoms with Crippen LogP contribution in [0.25, 0.3) is 0 Å². The first kappa shape index (κ1) is 13.2. The molecule has 0 aliphatic carbocycles. The first-order valence-corrected chi connectivity index (χ1v) is 5.01. The highest BCUT2D eigenvalue weighted by Crippen LogP contribution is 1.88. The number of hydrogen-bond acceptors (Lipinski definition) is 3. The number of nitrogens with one attached hydrogen (secondary N) is 2. The normalized spacial score (nSPS) is 13.9. The number of ether oxygens (including phenoxy) is 1. The van der Waals surface area contributed by atoms with Crippen LogP contribution in [-0.2, 0) is 4.74 Å². The third-order valence-corrected chi connectivity index (χ3v) is 1.91. The zero-order valence-electron chi connectivity index (χ0n) is 9.34. The Morgan fingerprint density at radius 2 is 2.29 bits per heavy atom. The van der Waals surface area contributed by atoms with Gasteiger partial charge in [0.2, 0.25) is 5.96 Å². The minimum absolute atomic E-state index is 0.382. The van der Waals surface area contributed by atoms with E-state index in [1.165, 1.54) is 0 Å². The maximum absolute atomic E-state index is 5.32. The van der Waals surface area contributed by atoms with Gasteiger partial charge < -0.3 is 10.1 Å². The summed E-state index contributed by atoms with van der Waals surface area (Å²) < 4.78 is 4.92. The zero-order chi connectivity index (χ0) is 10.8. The molecular formula is C9H22N4O. The maximum Gasteiger partial charge on any atom is 0.205 e. The second kappa shape index (κ2) is 8.77. The molecule has 0 fully saturated rings. The van der Waals surface area contributed by atoms with E-state index in [1.54, 1.807) is 7.11 Å². The van der Waals surface area contributed by atoms with Gasteiger partial charge in [-0.05, 0) is 19.8 Å². The lowest BCUT2D eigenvalue weighted by molar-refractivity contribution is 0.197. The average molecular weight is 202 g/mol. The Balaban J connectivity index is 3.74. The predicted octanol–water partition coefficient (Wildman–Crippen LogP) is 0.230.